The lowest BCUT2D eigenvalue weighted by Gasteiger charge is -2.09. The first kappa shape index (κ1) is 13.0. The molecular weight excluding hydrogens is 270 g/mol. The van der Waals surface area contributed by atoms with Gasteiger partial charge >= 0.3 is 0 Å². The number of hydrogen-bond acceptors (Lipinski definition) is 2. The van der Waals surface area contributed by atoms with E-state index in [0.717, 1.165) is 10.2 Å². The summed E-state index contributed by atoms with van der Waals surface area (Å²) < 4.78 is 6.42. The van der Waals surface area contributed by atoms with E-state index in [0.29, 0.717) is 13.0 Å². The van der Waals surface area contributed by atoms with Crippen LogP contribution < -0.4 is 10.1 Å². The summed E-state index contributed by atoms with van der Waals surface area (Å²) in [5.74, 6) is 0.789. The Morgan fingerprint density at radius 1 is 1.50 bits per heavy atom. The molecule has 88 valence electrons. The minimum atomic E-state index is 0.0185. The van der Waals surface area contributed by atoms with Gasteiger partial charge in [0.15, 0.2) is 0 Å². The molecule has 0 aromatic heterocycles. The van der Waals surface area contributed by atoms with E-state index < -0.39 is 0 Å². The summed E-state index contributed by atoms with van der Waals surface area (Å²) in [7, 11) is 0. The van der Waals surface area contributed by atoms with Crippen molar-refractivity contribution in [2.24, 2.45) is 0 Å². The third-order valence-electron chi connectivity index (χ3n) is 1.84. The van der Waals surface area contributed by atoms with Crippen LogP contribution in [0.1, 0.15) is 20.3 Å². The van der Waals surface area contributed by atoms with E-state index in [9.17, 15) is 4.79 Å². The molecule has 0 spiro atoms. The molecule has 0 aliphatic rings. The summed E-state index contributed by atoms with van der Waals surface area (Å²) in [6.45, 7) is 4.27. The molecule has 0 aliphatic heterocycles. The standard InChI is InChI=1S/C12H16BrNO2/c1-9(2)14-12(15)6-7-16-11-5-3-4-10(13)8-11/h3-5,8-9H,6-7H2,1-2H3,(H,14,15). The van der Waals surface area contributed by atoms with Crippen LogP contribution in [-0.4, -0.2) is 18.6 Å². The number of ether oxygens (including phenoxy) is 1. The van der Waals surface area contributed by atoms with Crippen molar-refractivity contribution in [2.75, 3.05) is 6.61 Å². The maximum absolute atomic E-state index is 11.3. The lowest BCUT2D eigenvalue weighted by atomic mass is 10.3. The summed E-state index contributed by atoms with van der Waals surface area (Å²) in [5.41, 5.74) is 0. The Bertz CT molecular complexity index is 353. The highest BCUT2D eigenvalue weighted by Gasteiger charge is 2.03. The first-order chi connectivity index (χ1) is 7.58. The molecule has 0 radical (unpaired) electrons. The lowest BCUT2D eigenvalue weighted by Crippen LogP contribution is -2.31. The van der Waals surface area contributed by atoms with Crippen molar-refractivity contribution in [3.05, 3.63) is 28.7 Å². The van der Waals surface area contributed by atoms with Gasteiger partial charge in [0.2, 0.25) is 5.91 Å². The van der Waals surface area contributed by atoms with Crippen LogP contribution in [0.25, 0.3) is 0 Å². The van der Waals surface area contributed by atoms with E-state index in [4.69, 9.17) is 4.74 Å². The number of benzene rings is 1. The van der Waals surface area contributed by atoms with Crippen molar-refractivity contribution in [2.45, 2.75) is 26.3 Å². The Morgan fingerprint density at radius 2 is 2.25 bits per heavy atom. The fourth-order valence-corrected chi connectivity index (χ4v) is 1.59. The fourth-order valence-electron chi connectivity index (χ4n) is 1.21. The molecule has 3 nitrogen and oxygen atoms in total. The Kier molecular flexibility index (Phi) is 5.32. The van der Waals surface area contributed by atoms with Crippen LogP contribution >= 0.6 is 15.9 Å². The summed E-state index contributed by atoms with van der Waals surface area (Å²) in [5, 5.41) is 2.81. The van der Waals surface area contributed by atoms with Gasteiger partial charge in [-0.3, -0.25) is 4.79 Å². The summed E-state index contributed by atoms with van der Waals surface area (Å²) in [4.78, 5) is 11.3. The second-order valence-corrected chi connectivity index (χ2v) is 4.69. The molecule has 1 aromatic carbocycles. The number of rotatable bonds is 5. The predicted octanol–water partition coefficient (Wildman–Crippen LogP) is 2.74. The zero-order valence-electron chi connectivity index (χ0n) is 9.50. The molecule has 0 atom stereocenters. The quantitative estimate of drug-likeness (QED) is 0.903. The van der Waals surface area contributed by atoms with Crippen LogP contribution in [0.2, 0.25) is 0 Å². The summed E-state index contributed by atoms with van der Waals surface area (Å²) >= 11 is 3.36. The minimum Gasteiger partial charge on any atom is -0.493 e. The van der Waals surface area contributed by atoms with Crippen molar-refractivity contribution >= 4 is 21.8 Å². The maximum Gasteiger partial charge on any atom is 0.223 e. The van der Waals surface area contributed by atoms with Crippen molar-refractivity contribution in [3.63, 3.8) is 0 Å². The zero-order valence-corrected chi connectivity index (χ0v) is 11.1. The number of amides is 1. The smallest absolute Gasteiger partial charge is 0.223 e. The predicted molar refractivity (Wildman–Crippen MR) is 67.5 cm³/mol. The van der Waals surface area contributed by atoms with Crippen LogP contribution in [-0.2, 0) is 4.79 Å². The third kappa shape index (κ3) is 5.16. The van der Waals surface area contributed by atoms with E-state index in [2.05, 4.69) is 21.2 Å². The van der Waals surface area contributed by atoms with E-state index in [1.807, 2.05) is 38.1 Å². The van der Waals surface area contributed by atoms with Gasteiger partial charge in [0.05, 0.1) is 13.0 Å². The topological polar surface area (TPSA) is 38.3 Å². The van der Waals surface area contributed by atoms with Crippen LogP contribution in [0.5, 0.6) is 5.75 Å². The van der Waals surface area contributed by atoms with E-state index in [1.54, 1.807) is 0 Å². The molecule has 1 N–H and O–H groups in total. The molecule has 1 amide bonds. The highest BCUT2D eigenvalue weighted by atomic mass is 79.9. The molecule has 1 rings (SSSR count). The molecule has 0 aliphatic carbocycles. The Morgan fingerprint density at radius 3 is 2.88 bits per heavy atom. The molecule has 0 fully saturated rings. The average Bonchev–Trinajstić information content (AvgIpc) is 2.16. The lowest BCUT2D eigenvalue weighted by molar-refractivity contribution is -0.122. The highest BCUT2D eigenvalue weighted by molar-refractivity contribution is 9.10. The first-order valence-corrected chi connectivity index (χ1v) is 6.05. The number of nitrogens with one attached hydrogen (secondary N) is 1. The van der Waals surface area contributed by atoms with Crippen LogP contribution in [0, 0.1) is 0 Å². The summed E-state index contributed by atoms with van der Waals surface area (Å²) in [6.07, 6.45) is 0.380. The van der Waals surface area contributed by atoms with Crippen molar-refractivity contribution in [1.82, 2.24) is 5.32 Å². The van der Waals surface area contributed by atoms with Gasteiger partial charge < -0.3 is 10.1 Å². The largest absolute Gasteiger partial charge is 0.493 e. The van der Waals surface area contributed by atoms with Crippen molar-refractivity contribution < 1.29 is 9.53 Å². The van der Waals surface area contributed by atoms with Gasteiger partial charge in [-0.2, -0.15) is 0 Å². The van der Waals surface area contributed by atoms with E-state index >= 15 is 0 Å². The monoisotopic (exact) mass is 285 g/mol. The molecule has 0 saturated heterocycles. The van der Waals surface area contributed by atoms with Gasteiger partial charge in [0, 0.05) is 10.5 Å². The molecule has 16 heavy (non-hydrogen) atoms. The Hall–Kier alpha value is -1.03. The van der Waals surface area contributed by atoms with Gasteiger partial charge in [0.25, 0.3) is 0 Å². The molecule has 4 heteroatoms. The number of carbonyl (C=O) groups is 1. The number of carbonyl (C=O) groups excluding carboxylic acids is 1. The van der Waals surface area contributed by atoms with Gasteiger partial charge in [-0.1, -0.05) is 22.0 Å². The van der Waals surface area contributed by atoms with Gasteiger partial charge in [-0.25, -0.2) is 0 Å². The average molecular weight is 286 g/mol. The fraction of sp³-hybridized carbons (Fsp3) is 0.417. The molecule has 0 saturated carbocycles. The Labute approximate surface area is 104 Å². The van der Waals surface area contributed by atoms with Crippen molar-refractivity contribution in [1.29, 1.82) is 0 Å². The molecule has 0 bridgehead atoms. The molecule has 0 heterocycles. The van der Waals surface area contributed by atoms with Crippen LogP contribution in [0.4, 0.5) is 0 Å². The Balaban J connectivity index is 2.28. The first-order valence-electron chi connectivity index (χ1n) is 5.25. The van der Waals surface area contributed by atoms with Crippen LogP contribution in [0.3, 0.4) is 0 Å². The summed E-state index contributed by atoms with van der Waals surface area (Å²) in [6, 6.07) is 7.75. The molecule has 0 unspecified atom stereocenters. The normalized spacial score (nSPS) is 10.2. The second-order valence-electron chi connectivity index (χ2n) is 3.78. The SMILES string of the molecule is CC(C)NC(=O)CCOc1cccc(Br)c1. The van der Waals surface area contributed by atoms with E-state index in [-0.39, 0.29) is 11.9 Å². The number of halogens is 1. The maximum atomic E-state index is 11.3. The second kappa shape index (κ2) is 6.53. The van der Waals surface area contributed by atoms with Gasteiger partial charge in [0.1, 0.15) is 5.75 Å². The molecular formula is C12H16BrNO2. The molecule has 1 aromatic rings. The van der Waals surface area contributed by atoms with Gasteiger partial charge in [-0.15, -0.1) is 0 Å². The minimum absolute atomic E-state index is 0.0185. The van der Waals surface area contributed by atoms with Crippen molar-refractivity contribution in [3.8, 4) is 5.75 Å². The third-order valence-corrected chi connectivity index (χ3v) is 2.34. The van der Waals surface area contributed by atoms with Crippen LogP contribution in [0.15, 0.2) is 28.7 Å². The van der Waals surface area contributed by atoms with E-state index in [1.165, 1.54) is 0 Å². The highest BCUT2D eigenvalue weighted by Crippen LogP contribution is 2.17. The van der Waals surface area contributed by atoms with Gasteiger partial charge in [-0.05, 0) is 32.0 Å². The number of hydrogen-bond donors (Lipinski definition) is 1. The zero-order chi connectivity index (χ0) is 12.0.